The van der Waals surface area contributed by atoms with E-state index in [2.05, 4.69) is 15.0 Å². The molecule has 1 aliphatic rings. The summed E-state index contributed by atoms with van der Waals surface area (Å²) in [5, 5.41) is 4.77. The van der Waals surface area contributed by atoms with Gasteiger partial charge in [-0.2, -0.15) is 0 Å². The van der Waals surface area contributed by atoms with Crippen molar-refractivity contribution in [1.29, 1.82) is 0 Å². The number of carbonyl (C=O) groups is 1. The van der Waals surface area contributed by atoms with E-state index in [4.69, 9.17) is 9.47 Å². The molecule has 1 amide bonds. The summed E-state index contributed by atoms with van der Waals surface area (Å²) in [6, 6.07) is 11.5. The molecule has 0 radical (unpaired) electrons. The Morgan fingerprint density at radius 2 is 2.00 bits per heavy atom. The first-order chi connectivity index (χ1) is 14.4. The Bertz CT molecular complexity index is 1190. The molecule has 30 heavy (non-hydrogen) atoms. The lowest BCUT2D eigenvalue weighted by molar-refractivity contribution is -0.122. The van der Waals surface area contributed by atoms with Gasteiger partial charge >= 0.3 is 0 Å². The number of fused-ring (bicyclic) bond motifs is 1. The van der Waals surface area contributed by atoms with Crippen molar-refractivity contribution in [2.75, 3.05) is 16.6 Å². The van der Waals surface area contributed by atoms with Crippen LogP contribution in [0.1, 0.15) is 13.8 Å². The normalized spacial score (nSPS) is 15.7. The van der Waals surface area contributed by atoms with Gasteiger partial charge in [0.25, 0.3) is 15.9 Å². The maximum absolute atomic E-state index is 12.6. The number of hydrogen-bond donors (Lipinski definition) is 2. The van der Waals surface area contributed by atoms with E-state index in [1.807, 2.05) is 13.0 Å². The monoisotopic (exact) mass is 445 g/mol. The molecule has 2 aromatic carbocycles. The average molecular weight is 446 g/mol. The van der Waals surface area contributed by atoms with E-state index < -0.39 is 16.1 Å². The zero-order chi connectivity index (χ0) is 21.3. The van der Waals surface area contributed by atoms with Crippen LogP contribution in [0.5, 0.6) is 11.5 Å². The smallest absolute Gasteiger partial charge is 0.265 e. The molecule has 1 unspecified atom stereocenters. The van der Waals surface area contributed by atoms with Gasteiger partial charge in [0.05, 0.1) is 22.9 Å². The molecular weight excluding hydrogens is 426 g/mol. The zero-order valence-electron chi connectivity index (χ0n) is 16.2. The minimum absolute atomic E-state index is 0.116. The van der Waals surface area contributed by atoms with E-state index in [-0.39, 0.29) is 15.9 Å². The summed E-state index contributed by atoms with van der Waals surface area (Å²) in [5.41, 5.74) is 1.87. The maximum Gasteiger partial charge on any atom is 0.265 e. The molecular formula is C20H19N3O5S2. The molecule has 2 N–H and O–H groups in total. The fraction of sp³-hybridized carbons (Fsp3) is 0.200. The van der Waals surface area contributed by atoms with Crippen molar-refractivity contribution in [3.8, 4) is 22.8 Å². The summed E-state index contributed by atoms with van der Waals surface area (Å²) >= 11 is 1.17. The van der Waals surface area contributed by atoms with Crippen molar-refractivity contribution in [2.45, 2.75) is 24.8 Å². The van der Waals surface area contributed by atoms with E-state index in [0.29, 0.717) is 29.5 Å². The largest absolute Gasteiger partial charge is 0.494 e. The number of aromatic nitrogens is 1. The minimum atomic E-state index is -3.78. The highest BCUT2D eigenvalue weighted by Gasteiger charge is 2.24. The van der Waals surface area contributed by atoms with Crippen LogP contribution in [0.15, 0.2) is 52.7 Å². The molecule has 10 heteroatoms. The molecule has 156 valence electrons. The molecule has 0 fully saturated rings. The fourth-order valence-corrected chi connectivity index (χ4v) is 4.85. The predicted octanol–water partition coefficient (Wildman–Crippen LogP) is 3.73. The van der Waals surface area contributed by atoms with Gasteiger partial charge in [-0.3, -0.25) is 9.52 Å². The average Bonchev–Trinajstić information content (AvgIpc) is 3.17. The van der Waals surface area contributed by atoms with E-state index in [0.717, 1.165) is 5.56 Å². The van der Waals surface area contributed by atoms with E-state index in [1.165, 1.54) is 23.5 Å². The molecule has 3 aromatic rings. The number of carbonyl (C=O) groups excluding carboxylic acids is 1. The van der Waals surface area contributed by atoms with Crippen LogP contribution in [0.4, 0.5) is 10.8 Å². The van der Waals surface area contributed by atoms with E-state index in [9.17, 15) is 13.2 Å². The molecule has 1 aromatic heterocycles. The molecule has 1 aliphatic heterocycles. The predicted molar refractivity (Wildman–Crippen MR) is 115 cm³/mol. The topological polar surface area (TPSA) is 107 Å². The standard InChI is InChI=1S/C20H19N3O5S2/c1-3-27-14-5-7-15(8-6-14)30(25,26)23-20-22-17(11-29-20)13-4-9-18-16(10-13)21-19(24)12(2)28-18/h4-12H,3H2,1-2H3,(H,21,24)(H,22,23). The lowest BCUT2D eigenvalue weighted by atomic mass is 10.1. The van der Waals surface area contributed by atoms with Crippen LogP contribution in [0.3, 0.4) is 0 Å². The number of rotatable bonds is 6. The molecule has 0 saturated carbocycles. The first kappa shape index (κ1) is 20.2. The Kier molecular flexibility index (Phi) is 5.35. The first-order valence-electron chi connectivity index (χ1n) is 9.19. The quantitative estimate of drug-likeness (QED) is 0.599. The Morgan fingerprint density at radius 3 is 2.73 bits per heavy atom. The van der Waals surface area contributed by atoms with Crippen LogP contribution in [0, 0.1) is 0 Å². The van der Waals surface area contributed by atoms with Gasteiger partial charge in [-0.05, 0) is 56.3 Å². The van der Waals surface area contributed by atoms with Crippen molar-refractivity contribution in [3.63, 3.8) is 0 Å². The Balaban J connectivity index is 1.53. The van der Waals surface area contributed by atoms with Crippen molar-refractivity contribution in [1.82, 2.24) is 4.98 Å². The lowest BCUT2D eigenvalue weighted by Crippen LogP contribution is -2.34. The molecule has 1 atom stereocenters. The molecule has 0 aliphatic carbocycles. The van der Waals surface area contributed by atoms with E-state index in [1.54, 1.807) is 36.6 Å². The van der Waals surface area contributed by atoms with Crippen LogP contribution in [-0.2, 0) is 14.8 Å². The fourth-order valence-electron chi connectivity index (χ4n) is 2.88. The number of benzene rings is 2. The van der Waals surface area contributed by atoms with Crippen LogP contribution in [-0.4, -0.2) is 32.0 Å². The Labute approximate surface area is 177 Å². The summed E-state index contributed by atoms with van der Waals surface area (Å²) in [5.74, 6) is 0.963. The third-order valence-electron chi connectivity index (χ3n) is 4.38. The minimum Gasteiger partial charge on any atom is -0.494 e. The number of amides is 1. The number of ether oxygens (including phenoxy) is 2. The highest BCUT2D eigenvalue weighted by atomic mass is 32.2. The van der Waals surface area contributed by atoms with Gasteiger partial charge in [-0.25, -0.2) is 13.4 Å². The van der Waals surface area contributed by atoms with Crippen molar-refractivity contribution in [3.05, 3.63) is 47.8 Å². The number of nitrogens with one attached hydrogen (secondary N) is 2. The van der Waals surface area contributed by atoms with Crippen LogP contribution < -0.4 is 19.5 Å². The molecule has 0 spiro atoms. The first-order valence-corrected chi connectivity index (χ1v) is 11.5. The molecule has 8 nitrogen and oxygen atoms in total. The second-order valence-corrected chi connectivity index (χ2v) is 9.05. The second-order valence-electron chi connectivity index (χ2n) is 6.51. The van der Waals surface area contributed by atoms with Gasteiger partial charge in [0.2, 0.25) is 0 Å². The second kappa shape index (κ2) is 7.96. The number of nitrogens with zero attached hydrogens (tertiary/aromatic N) is 1. The van der Waals surface area contributed by atoms with E-state index >= 15 is 0 Å². The summed E-state index contributed by atoms with van der Waals surface area (Å²) < 4.78 is 38.6. The number of thiazole rings is 1. The number of sulfonamides is 1. The summed E-state index contributed by atoms with van der Waals surface area (Å²) in [6.45, 7) is 4.04. The lowest BCUT2D eigenvalue weighted by Gasteiger charge is -2.23. The van der Waals surface area contributed by atoms with Gasteiger partial charge in [0, 0.05) is 10.9 Å². The van der Waals surface area contributed by atoms with Crippen LogP contribution >= 0.6 is 11.3 Å². The zero-order valence-corrected chi connectivity index (χ0v) is 17.8. The Morgan fingerprint density at radius 1 is 1.23 bits per heavy atom. The summed E-state index contributed by atoms with van der Waals surface area (Å²) in [4.78, 5) is 16.3. The number of anilines is 2. The van der Waals surface area contributed by atoms with Crippen LogP contribution in [0.2, 0.25) is 0 Å². The van der Waals surface area contributed by atoms with Crippen molar-refractivity contribution in [2.24, 2.45) is 0 Å². The highest BCUT2D eigenvalue weighted by Crippen LogP contribution is 2.35. The summed E-state index contributed by atoms with van der Waals surface area (Å²) in [6.07, 6.45) is -0.550. The SMILES string of the molecule is CCOc1ccc(S(=O)(=O)Nc2nc(-c3ccc4c(c3)NC(=O)C(C)O4)cs2)cc1. The van der Waals surface area contributed by atoms with Gasteiger partial charge in [0.15, 0.2) is 11.2 Å². The third-order valence-corrected chi connectivity index (χ3v) is 6.62. The number of hydrogen-bond acceptors (Lipinski definition) is 7. The van der Waals surface area contributed by atoms with Gasteiger partial charge in [-0.1, -0.05) is 0 Å². The van der Waals surface area contributed by atoms with Crippen molar-refractivity contribution >= 4 is 38.1 Å². The molecule has 2 heterocycles. The summed E-state index contributed by atoms with van der Waals surface area (Å²) in [7, 11) is -3.78. The maximum atomic E-state index is 12.6. The van der Waals surface area contributed by atoms with Crippen molar-refractivity contribution < 1.29 is 22.7 Å². The highest BCUT2D eigenvalue weighted by molar-refractivity contribution is 7.93. The molecule has 0 bridgehead atoms. The Hall–Kier alpha value is -3.11. The van der Waals surface area contributed by atoms with Gasteiger partial charge in [0.1, 0.15) is 11.5 Å². The van der Waals surface area contributed by atoms with Crippen LogP contribution in [0.25, 0.3) is 11.3 Å². The molecule has 0 saturated heterocycles. The van der Waals surface area contributed by atoms with Gasteiger partial charge in [-0.15, -0.1) is 11.3 Å². The van der Waals surface area contributed by atoms with Gasteiger partial charge < -0.3 is 14.8 Å². The molecule has 4 rings (SSSR count). The third kappa shape index (κ3) is 4.10.